The summed E-state index contributed by atoms with van der Waals surface area (Å²) in [5, 5.41) is 10.1. The smallest absolute Gasteiger partial charge is 0.462 e. The topological polar surface area (TPSA) is 88.5 Å². The van der Waals surface area contributed by atoms with Gasteiger partial charge in [-0.2, -0.15) is 0 Å². The molecule has 9 heteroatoms. The summed E-state index contributed by atoms with van der Waals surface area (Å²) in [6.07, 6.45) is 0.151. The highest BCUT2D eigenvalue weighted by Crippen LogP contribution is 2.40. The number of hydrogen-bond acceptors (Lipinski definition) is 6. The lowest BCUT2D eigenvalue weighted by Gasteiger charge is -2.39. The molecule has 194 valence electrons. The third kappa shape index (κ3) is 5.46. The van der Waals surface area contributed by atoms with E-state index in [9.17, 15) is 14.7 Å². The predicted octanol–water partition coefficient (Wildman–Crippen LogP) is 4.54. The minimum Gasteiger partial charge on any atom is -0.478 e. The molecule has 2 heterocycles. The van der Waals surface area contributed by atoms with Gasteiger partial charge in [-0.25, -0.2) is 9.59 Å². The van der Waals surface area contributed by atoms with Crippen molar-refractivity contribution >= 4 is 24.9 Å². The molecule has 0 unspecified atom stereocenters. The molecule has 1 aromatic rings. The Morgan fingerprint density at radius 1 is 0.943 bits per heavy atom. The molecule has 2 saturated heterocycles. The van der Waals surface area contributed by atoms with Crippen LogP contribution in [-0.4, -0.2) is 72.2 Å². The van der Waals surface area contributed by atoms with Crippen molar-refractivity contribution in [1.82, 2.24) is 4.90 Å². The maximum atomic E-state index is 12.5. The quantitative estimate of drug-likeness (QED) is 0.623. The number of piperazine rings is 1. The predicted molar refractivity (Wildman–Crippen MR) is 137 cm³/mol. The van der Waals surface area contributed by atoms with Gasteiger partial charge in [-0.1, -0.05) is 0 Å². The minimum absolute atomic E-state index is 0.317. The van der Waals surface area contributed by atoms with Crippen molar-refractivity contribution in [2.45, 2.75) is 92.4 Å². The maximum absolute atomic E-state index is 12.5. The van der Waals surface area contributed by atoms with Gasteiger partial charge >= 0.3 is 19.2 Å². The fourth-order valence-corrected chi connectivity index (χ4v) is 5.01. The van der Waals surface area contributed by atoms with Gasteiger partial charge in [0, 0.05) is 38.2 Å². The van der Waals surface area contributed by atoms with E-state index in [2.05, 4.69) is 4.90 Å². The van der Waals surface area contributed by atoms with E-state index in [0.29, 0.717) is 38.1 Å². The van der Waals surface area contributed by atoms with Gasteiger partial charge in [-0.3, -0.25) is 0 Å². The normalized spacial score (nSPS) is 19.8. The van der Waals surface area contributed by atoms with Crippen molar-refractivity contribution in [3.63, 3.8) is 0 Å². The molecule has 3 rings (SSSR count). The summed E-state index contributed by atoms with van der Waals surface area (Å²) in [7, 11) is -0.460. The number of aromatic carboxylic acids is 1. The summed E-state index contributed by atoms with van der Waals surface area (Å²) in [4.78, 5) is 28.7. The van der Waals surface area contributed by atoms with Gasteiger partial charge in [0.15, 0.2) is 0 Å². The Kier molecular flexibility index (Phi) is 7.28. The third-order valence-corrected chi connectivity index (χ3v) is 7.50. The number of carboxylic acid groups (broad SMARTS) is 1. The van der Waals surface area contributed by atoms with E-state index >= 15 is 0 Å². The number of anilines is 1. The molecule has 2 aliphatic heterocycles. The average Bonchev–Trinajstić information content (AvgIpc) is 2.90. The van der Waals surface area contributed by atoms with Gasteiger partial charge in [0.2, 0.25) is 0 Å². The maximum Gasteiger partial charge on any atom is 0.462 e. The molecule has 0 spiro atoms. The monoisotopic (exact) mass is 488 g/mol. The van der Waals surface area contributed by atoms with Crippen LogP contribution in [0, 0.1) is 20.8 Å². The van der Waals surface area contributed by atoms with E-state index in [1.807, 2.05) is 69.2 Å². The van der Waals surface area contributed by atoms with E-state index in [4.69, 9.17) is 14.0 Å². The van der Waals surface area contributed by atoms with Gasteiger partial charge in [-0.05, 0) is 91.5 Å². The molecule has 2 aliphatic rings. The van der Waals surface area contributed by atoms with E-state index in [-0.39, 0.29) is 6.09 Å². The highest BCUT2D eigenvalue weighted by atomic mass is 16.7. The number of amides is 1. The Hall–Kier alpha value is -2.26. The molecular formula is C26H41BN2O6. The fraction of sp³-hybridized carbons (Fsp3) is 0.692. The van der Waals surface area contributed by atoms with Crippen molar-refractivity contribution in [2.75, 3.05) is 31.1 Å². The standard InChI is InChI=1S/C26H41BN2O6/c1-16-19(15-27-34-25(7,8)26(9,10)35-27)17(2)21(18(3)20(16)22(30)31)28-11-13-29(14-12-28)23(32)33-24(4,5)6/h11-15H2,1-10H3,(H,30,31). The molecule has 1 N–H and O–H groups in total. The van der Waals surface area contributed by atoms with Gasteiger partial charge in [0.1, 0.15) is 5.60 Å². The van der Waals surface area contributed by atoms with E-state index in [1.165, 1.54) is 0 Å². The Labute approximate surface area is 210 Å². The number of carbonyl (C=O) groups is 2. The van der Waals surface area contributed by atoms with Crippen molar-refractivity contribution in [1.29, 1.82) is 0 Å². The summed E-state index contributed by atoms with van der Waals surface area (Å²) in [6.45, 7) is 21.6. The number of carboxylic acids is 1. The molecule has 35 heavy (non-hydrogen) atoms. The van der Waals surface area contributed by atoms with Crippen molar-refractivity contribution < 1.29 is 28.7 Å². The van der Waals surface area contributed by atoms with Crippen molar-refractivity contribution in [3.8, 4) is 0 Å². The Balaban J connectivity index is 1.91. The Morgan fingerprint density at radius 2 is 1.46 bits per heavy atom. The van der Waals surface area contributed by atoms with Crippen LogP contribution in [0.1, 0.15) is 81.1 Å². The first-order chi connectivity index (χ1) is 15.9. The van der Waals surface area contributed by atoms with Crippen LogP contribution in [0.3, 0.4) is 0 Å². The molecule has 1 aromatic carbocycles. The molecule has 0 radical (unpaired) electrons. The first-order valence-electron chi connectivity index (χ1n) is 12.4. The number of nitrogens with zero attached hydrogens (tertiary/aromatic N) is 2. The number of ether oxygens (including phenoxy) is 1. The fourth-order valence-electron chi connectivity index (χ4n) is 5.01. The SMILES string of the molecule is Cc1c(CB2OC(C)(C)C(C)(C)O2)c(C)c(N2CCN(C(=O)OC(C)(C)C)CC2)c(C)c1C(=O)O. The molecule has 0 aromatic heterocycles. The second-order valence-corrected chi connectivity index (χ2v) is 11.7. The third-order valence-electron chi connectivity index (χ3n) is 7.50. The molecule has 0 atom stereocenters. The van der Waals surface area contributed by atoms with E-state index < -0.39 is 29.9 Å². The van der Waals surface area contributed by atoms with Gasteiger partial charge in [0.05, 0.1) is 16.8 Å². The lowest BCUT2D eigenvalue weighted by Crippen LogP contribution is -2.50. The zero-order valence-electron chi connectivity index (χ0n) is 23.0. The lowest BCUT2D eigenvalue weighted by atomic mass is 9.75. The van der Waals surface area contributed by atoms with Crippen LogP contribution in [0.2, 0.25) is 0 Å². The van der Waals surface area contributed by atoms with Gasteiger partial charge in [-0.15, -0.1) is 0 Å². The molecule has 0 bridgehead atoms. The summed E-state index contributed by atoms with van der Waals surface area (Å²) in [6, 6.07) is 0. The first-order valence-corrected chi connectivity index (χ1v) is 12.4. The van der Waals surface area contributed by atoms with Crippen LogP contribution < -0.4 is 4.90 Å². The largest absolute Gasteiger partial charge is 0.478 e. The average molecular weight is 488 g/mol. The van der Waals surface area contributed by atoms with Crippen molar-refractivity contribution in [3.05, 3.63) is 27.8 Å². The highest BCUT2D eigenvalue weighted by Gasteiger charge is 2.51. The molecule has 2 fully saturated rings. The molecule has 1 amide bonds. The number of rotatable bonds is 4. The Morgan fingerprint density at radius 3 is 1.91 bits per heavy atom. The molecular weight excluding hydrogens is 447 g/mol. The lowest BCUT2D eigenvalue weighted by molar-refractivity contribution is 0.00578. The second-order valence-electron chi connectivity index (χ2n) is 11.7. The van der Waals surface area contributed by atoms with E-state index in [0.717, 1.165) is 27.9 Å². The highest BCUT2D eigenvalue weighted by molar-refractivity contribution is 6.45. The van der Waals surface area contributed by atoms with Crippen LogP contribution in [0.5, 0.6) is 0 Å². The molecule has 0 saturated carbocycles. The van der Waals surface area contributed by atoms with Gasteiger partial charge < -0.3 is 29.0 Å². The second kappa shape index (κ2) is 9.32. The van der Waals surface area contributed by atoms with Crippen LogP contribution in [0.25, 0.3) is 0 Å². The number of benzene rings is 1. The van der Waals surface area contributed by atoms with Crippen molar-refractivity contribution in [2.24, 2.45) is 0 Å². The van der Waals surface area contributed by atoms with Crippen LogP contribution >= 0.6 is 0 Å². The zero-order chi connectivity index (χ0) is 26.5. The summed E-state index contributed by atoms with van der Waals surface area (Å²) in [5.41, 5.74) is 3.25. The summed E-state index contributed by atoms with van der Waals surface area (Å²) >= 11 is 0. The molecule has 0 aliphatic carbocycles. The van der Waals surface area contributed by atoms with Crippen LogP contribution in [0.15, 0.2) is 0 Å². The summed E-state index contributed by atoms with van der Waals surface area (Å²) in [5.74, 6) is -0.941. The zero-order valence-corrected chi connectivity index (χ0v) is 23.0. The van der Waals surface area contributed by atoms with Crippen LogP contribution in [0.4, 0.5) is 10.5 Å². The van der Waals surface area contributed by atoms with E-state index in [1.54, 1.807) is 4.90 Å². The Bertz CT molecular complexity index is 990. The first kappa shape index (κ1) is 27.3. The van der Waals surface area contributed by atoms with Gasteiger partial charge in [0.25, 0.3) is 0 Å². The minimum atomic E-state index is -0.941. The van der Waals surface area contributed by atoms with Crippen LogP contribution in [-0.2, 0) is 20.4 Å². The molecule has 8 nitrogen and oxygen atoms in total. The number of carbonyl (C=O) groups excluding carboxylic acids is 1. The number of hydrogen-bond donors (Lipinski definition) is 1. The summed E-state index contributed by atoms with van der Waals surface area (Å²) < 4.78 is 18.0.